The molecule has 1 saturated heterocycles. The number of likely N-dealkylation sites (tertiary alicyclic amines) is 1. The van der Waals surface area contributed by atoms with E-state index in [0.717, 1.165) is 19.4 Å². The van der Waals surface area contributed by atoms with Gasteiger partial charge < -0.3 is 16.0 Å². The molecule has 2 aliphatic rings. The molecule has 1 aliphatic carbocycles. The number of nitrogens with two attached hydrogens (primary N) is 1. The van der Waals surface area contributed by atoms with Crippen molar-refractivity contribution >= 4 is 17.4 Å². The fraction of sp³-hybridized carbons (Fsp3) is 0.368. The molecule has 3 unspecified atom stereocenters. The Labute approximate surface area is 146 Å². The number of carbonyl (C=O) groups excluding carboxylic acids is 1. The lowest BCUT2D eigenvalue weighted by Gasteiger charge is -2.20. The Morgan fingerprint density at radius 2 is 2.04 bits per heavy atom. The van der Waals surface area contributed by atoms with Gasteiger partial charge in [-0.25, -0.2) is 9.37 Å². The molecule has 0 radical (unpaired) electrons. The number of pyridine rings is 1. The lowest BCUT2D eigenvalue weighted by molar-refractivity contribution is 0.0780. The van der Waals surface area contributed by atoms with E-state index in [1.807, 2.05) is 4.90 Å². The molecule has 3 atom stereocenters. The van der Waals surface area contributed by atoms with Gasteiger partial charge in [0, 0.05) is 25.3 Å². The monoisotopic (exact) mass is 340 g/mol. The van der Waals surface area contributed by atoms with Crippen LogP contribution < -0.4 is 11.1 Å². The minimum Gasteiger partial charge on any atom is -0.338 e. The minimum absolute atomic E-state index is 0.0754. The largest absolute Gasteiger partial charge is 0.338 e. The second kappa shape index (κ2) is 6.44. The molecular weight excluding hydrogens is 319 g/mol. The molecule has 1 aromatic heterocycles. The summed E-state index contributed by atoms with van der Waals surface area (Å²) in [6.07, 6.45) is 3.72. The molecular formula is C19H21FN4O. The number of fused-ring (bicyclic) bond motifs is 1. The molecule has 1 aromatic carbocycles. The van der Waals surface area contributed by atoms with Crippen molar-refractivity contribution < 1.29 is 9.18 Å². The van der Waals surface area contributed by atoms with Crippen LogP contribution in [0.3, 0.4) is 0 Å². The summed E-state index contributed by atoms with van der Waals surface area (Å²) in [6.45, 7) is 1.43. The van der Waals surface area contributed by atoms with E-state index in [9.17, 15) is 9.18 Å². The lowest BCUT2D eigenvalue weighted by atomic mass is 9.98. The summed E-state index contributed by atoms with van der Waals surface area (Å²) in [6, 6.07) is 9.99. The van der Waals surface area contributed by atoms with Crippen LogP contribution in [0, 0.1) is 17.7 Å². The van der Waals surface area contributed by atoms with E-state index in [2.05, 4.69) is 10.3 Å². The highest BCUT2D eigenvalue weighted by atomic mass is 19.1. The van der Waals surface area contributed by atoms with Crippen LogP contribution >= 0.6 is 0 Å². The average molecular weight is 340 g/mol. The Morgan fingerprint density at radius 1 is 1.20 bits per heavy atom. The molecule has 0 bridgehead atoms. The van der Waals surface area contributed by atoms with Crippen molar-refractivity contribution in [3.8, 4) is 0 Å². The van der Waals surface area contributed by atoms with Gasteiger partial charge in [-0.15, -0.1) is 0 Å². The van der Waals surface area contributed by atoms with Crippen LogP contribution in [0.15, 0.2) is 42.6 Å². The van der Waals surface area contributed by atoms with Gasteiger partial charge in [0.05, 0.1) is 11.3 Å². The van der Waals surface area contributed by atoms with Crippen molar-refractivity contribution in [3.63, 3.8) is 0 Å². The molecule has 6 heteroatoms. The smallest absolute Gasteiger partial charge is 0.257 e. The minimum atomic E-state index is -0.381. The van der Waals surface area contributed by atoms with Crippen LogP contribution in [-0.2, 0) is 0 Å². The summed E-state index contributed by atoms with van der Waals surface area (Å²) in [5.41, 5.74) is 6.92. The number of halogens is 1. The van der Waals surface area contributed by atoms with Gasteiger partial charge in [0.25, 0.3) is 5.91 Å². The highest BCUT2D eigenvalue weighted by Gasteiger charge is 2.42. The number of aromatic nitrogens is 1. The standard InChI is InChI=1S/C19H21FN4O/c20-15-5-1-2-6-17(15)23-18-13(4-3-9-22-18)19(25)24-10-12-7-8-16(21)14(12)11-24/h1-6,9,12,14,16H,7-8,10-11,21H2,(H,22,23). The number of anilines is 2. The first-order valence-corrected chi connectivity index (χ1v) is 8.65. The van der Waals surface area contributed by atoms with Gasteiger partial charge in [-0.3, -0.25) is 4.79 Å². The highest BCUT2D eigenvalue weighted by Crippen LogP contribution is 2.38. The van der Waals surface area contributed by atoms with Gasteiger partial charge in [0.15, 0.2) is 0 Å². The molecule has 3 N–H and O–H groups in total. The van der Waals surface area contributed by atoms with Gasteiger partial charge in [0.1, 0.15) is 11.6 Å². The third-order valence-electron chi connectivity index (χ3n) is 5.36. The number of nitrogens with one attached hydrogen (secondary N) is 1. The van der Waals surface area contributed by atoms with Crippen molar-refractivity contribution in [3.05, 3.63) is 54.0 Å². The number of para-hydroxylation sites is 1. The maximum atomic E-state index is 13.9. The van der Waals surface area contributed by atoms with Crippen LogP contribution in [0.1, 0.15) is 23.2 Å². The zero-order chi connectivity index (χ0) is 17.4. The summed E-state index contributed by atoms with van der Waals surface area (Å²) in [4.78, 5) is 19.1. The highest BCUT2D eigenvalue weighted by molar-refractivity contribution is 5.99. The van der Waals surface area contributed by atoms with E-state index in [0.29, 0.717) is 35.4 Å². The van der Waals surface area contributed by atoms with E-state index < -0.39 is 0 Å². The summed E-state index contributed by atoms with van der Waals surface area (Å²) >= 11 is 0. The Morgan fingerprint density at radius 3 is 2.84 bits per heavy atom. The van der Waals surface area contributed by atoms with Gasteiger partial charge in [-0.05, 0) is 48.9 Å². The number of nitrogens with zero attached hydrogens (tertiary/aromatic N) is 2. The van der Waals surface area contributed by atoms with E-state index in [4.69, 9.17) is 5.73 Å². The number of carbonyl (C=O) groups is 1. The van der Waals surface area contributed by atoms with Crippen LogP contribution in [0.4, 0.5) is 15.9 Å². The van der Waals surface area contributed by atoms with Crippen LogP contribution in [0.2, 0.25) is 0 Å². The van der Waals surface area contributed by atoms with Crippen LogP contribution in [0.25, 0.3) is 0 Å². The van der Waals surface area contributed by atoms with Gasteiger partial charge in [0.2, 0.25) is 0 Å². The van der Waals surface area contributed by atoms with Crippen molar-refractivity contribution in [2.45, 2.75) is 18.9 Å². The molecule has 1 amide bonds. The Kier molecular flexibility index (Phi) is 4.13. The van der Waals surface area contributed by atoms with E-state index in [-0.39, 0.29) is 17.8 Å². The summed E-state index contributed by atoms with van der Waals surface area (Å²) in [7, 11) is 0. The van der Waals surface area contributed by atoms with E-state index >= 15 is 0 Å². The summed E-state index contributed by atoms with van der Waals surface area (Å²) < 4.78 is 13.9. The first-order valence-electron chi connectivity index (χ1n) is 8.65. The number of amides is 1. The Balaban J connectivity index is 1.57. The molecule has 2 heterocycles. The number of rotatable bonds is 3. The van der Waals surface area contributed by atoms with Gasteiger partial charge in [-0.2, -0.15) is 0 Å². The third-order valence-corrected chi connectivity index (χ3v) is 5.36. The zero-order valence-electron chi connectivity index (χ0n) is 13.9. The van der Waals surface area contributed by atoms with Gasteiger partial charge >= 0.3 is 0 Å². The summed E-state index contributed by atoms with van der Waals surface area (Å²) in [5, 5.41) is 2.95. The third kappa shape index (κ3) is 2.98. The Bertz CT molecular complexity index is 796. The molecule has 1 saturated carbocycles. The fourth-order valence-electron chi connectivity index (χ4n) is 4.01. The van der Waals surface area contributed by atoms with E-state index in [1.165, 1.54) is 6.07 Å². The number of hydrogen-bond acceptors (Lipinski definition) is 4. The molecule has 4 rings (SSSR count). The normalized spacial score (nSPS) is 25.0. The molecule has 5 nitrogen and oxygen atoms in total. The fourth-order valence-corrected chi connectivity index (χ4v) is 4.01. The molecule has 25 heavy (non-hydrogen) atoms. The predicted molar refractivity (Wildman–Crippen MR) is 94.0 cm³/mol. The molecule has 1 aliphatic heterocycles. The second-order valence-electron chi connectivity index (χ2n) is 6.88. The maximum absolute atomic E-state index is 13.9. The lowest BCUT2D eigenvalue weighted by Crippen LogP contribution is -2.33. The average Bonchev–Trinajstić information content (AvgIpc) is 3.19. The zero-order valence-corrected chi connectivity index (χ0v) is 13.9. The first kappa shape index (κ1) is 16.0. The molecule has 2 aromatic rings. The van der Waals surface area contributed by atoms with Crippen molar-refractivity contribution in [1.29, 1.82) is 0 Å². The predicted octanol–water partition coefficient (Wildman–Crippen LogP) is 2.77. The summed E-state index contributed by atoms with van der Waals surface area (Å²) in [5.74, 6) is 0.808. The number of hydrogen-bond donors (Lipinski definition) is 2. The van der Waals surface area contributed by atoms with Gasteiger partial charge in [-0.1, -0.05) is 12.1 Å². The Hall–Kier alpha value is -2.47. The molecule has 130 valence electrons. The first-order chi connectivity index (χ1) is 12.1. The van der Waals surface area contributed by atoms with E-state index in [1.54, 1.807) is 36.5 Å². The molecule has 2 fully saturated rings. The SMILES string of the molecule is NC1CCC2CN(C(=O)c3cccnc3Nc3ccccc3F)CC12. The maximum Gasteiger partial charge on any atom is 0.257 e. The molecule has 0 spiro atoms. The van der Waals surface area contributed by atoms with Crippen molar-refractivity contribution in [2.75, 3.05) is 18.4 Å². The van der Waals surface area contributed by atoms with Crippen LogP contribution in [-0.4, -0.2) is 34.9 Å². The topological polar surface area (TPSA) is 71.2 Å². The van der Waals surface area contributed by atoms with Crippen LogP contribution in [0.5, 0.6) is 0 Å². The van der Waals surface area contributed by atoms with Crippen molar-refractivity contribution in [1.82, 2.24) is 9.88 Å². The quantitative estimate of drug-likeness (QED) is 0.901. The van der Waals surface area contributed by atoms with Crippen molar-refractivity contribution in [2.24, 2.45) is 17.6 Å². The number of benzene rings is 1. The second-order valence-corrected chi connectivity index (χ2v) is 6.88.